The van der Waals surface area contributed by atoms with Crippen molar-refractivity contribution in [2.45, 2.75) is 30.9 Å². The molecule has 0 aliphatic carbocycles. The van der Waals surface area contributed by atoms with Crippen LogP contribution in [0.4, 0.5) is 0 Å². The molecule has 1 aliphatic heterocycles. The van der Waals surface area contributed by atoms with E-state index in [1.54, 1.807) is 6.20 Å². The third kappa shape index (κ3) is 2.32. The largest absolute Gasteiger partial charge is 0.328 e. The van der Waals surface area contributed by atoms with E-state index in [0.717, 1.165) is 5.56 Å². The Bertz CT molecular complexity index is 482. The van der Waals surface area contributed by atoms with Crippen LogP contribution in [-0.4, -0.2) is 24.4 Å². The summed E-state index contributed by atoms with van der Waals surface area (Å²) in [5.41, 5.74) is 6.99. The second-order valence-corrected chi connectivity index (χ2v) is 6.04. The smallest absolute Gasteiger partial charge is 0.160 e. The summed E-state index contributed by atoms with van der Waals surface area (Å²) in [5.74, 6) is 0.735. The van der Waals surface area contributed by atoms with Crippen molar-refractivity contribution in [1.29, 1.82) is 0 Å². The molecule has 0 radical (unpaired) electrons. The Hall–Kier alpha value is -1.01. The van der Waals surface area contributed by atoms with Gasteiger partial charge in [0.15, 0.2) is 9.84 Å². The van der Waals surface area contributed by atoms with Gasteiger partial charge in [-0.05, 0) is 6.92 Å². The first-order valence-electron chi connectivity index (χ1n) is 4.76. The normalized spacial score (nSPS) is 19.9. The van der Waals surface area contributed by atoms with Gasteiger partial charge in [0.05, 0.1) is 17.2 Å². The zero-order chi connectivity index (χ0) is 11.1. The monoisotopic (exact) mass is 227 g/mol. The van der Waals surface area contributed by atoms with E-state index >= 15 is 0 Å². The molecule has 0 bridgehead atoms. The first-order valence-corrected chi connectivity index (χ1v) is 6.58. The molecule has 6 heteroatoms. The SMILES string of the molecule is CC(N)Cc1ncc2c(n1)CS(=O)(=O)C2. The lowest BCUT2D eigenvalue weighted by molar-refractivity contribution is 0.597. The summed E-state index contributed by atoms with van der Waals surface area (Å²) >= 11 is 0. The zero-order valence-electron chi connectivity index (χ0n) is 8.47. The first kappa shape index (κ1) is 10.5. The minimum absolute atomic E-state index is 0.0129. The van der Waals surface area contributed by atoms with Crippen molar-refractivity contribution in [1.82, 2.24) is 9.97 Å². The number of hydrogen-bond acceptors (Lipinski definition) is 5. The van der Waals surface area contributed by atoms with Gasteiger partial charge >= 0.3 is 0 Å². The molecule has 0 saturated heterocycles. The number of aromatic nitrogens is 2. The molecule has 15 heavy (non-hydrogen) atoms. The maximum absolute atomic E-state index is 11.3. The van der Waals surface area contributed by atoms with E-state index < -0.39 is 9.84 Å². The Labute approximate surface area is 88.7 Å². The molecule has 1 atom stereocenters. The zero-order valence-corrected chi connectivity index (χ0v) is 9.29. The van der Waals surface area contributed by atoms with Gasteiger partial charge in [-0.25, -0.2) is 18.4 Å². The molecular weight excluding hydrogens is 214 g/mol. The fourth-order valence-electron chi connectivity index (χ4n) is 1.61. The highest BCUT2D eigenvalue weighted by molar-refractivity contribution is 7.90. The van der Waals surface area contributed by atoms with Gasteiger partial charge in [0.25, 0.3) is 0 Å². The van der Waals surface area contributed by atoms with Crippen LogP contribution >= 0.6 is 0 Å². The van der Waals surface area contributed by atoms with Gasteiger partial charge < -0.3 is 5.73 Å². The Balaban J connectivity index is 2.30. The number of fused-ring (bicyclic) bond motifs is 1. The molecule has 0 fully saturated rings. The topological polar surface area (TPSA) is 85.9 Å². The van der Waals surface area contributed by atoms with Crippen LogP contribution in [0.1, 0.15) is 24.0 Å². The number of nitrogens with two attached hydrogens (primary N) is 1. The molecule has 2 N–H and O–H groups in total. The second kappa shape index (κ2) is 3.53. The van der Waals surface area contributed by atoms with Gasteiger partial charge in [0.2, 0.25) is 0 Å². The van der Waals surface area contributed by atoms with Gasteiger partial charge in [-0.15, -0.1) is 0 Å². The Morgan fingerprint density at radius 3 is 2.93 bits per heavy atom. The standard InChI is InChI=1S/C9H13N3O2S/c1-6(10)2-9-11-3-7-4-15(13,14)5-8(7)12-9/h3,6H,2,4-5,10H2,1H3. The highest BCUT2D eigenvalue weighted by atomic mass is 32.2. The van der Waals surface area contributed by atoms with Crippen LogP contribution < -0.4 is 5.73 Å². The Kier molecular flexibility index (Phi) is 2.47. The summed E-state index contributed by atoms with van der Waals surface area (Å²) in [6.07, 6.45) is 2.18. The van der Waals surface area contributed by atoms with E-state index in [1.807, 2.05) is 6.92 Å². The van der Waals surface area contributed by atoms with Crippen LogP contribution in [0.3, 0.4) is 0 Å². The predicted octanol–water partition coefficient (Wildman–Crippen LogP) is -0.205. The summed E-state index contributed by atoms with van der Waals surface area (Å²) in [6.45, 7) is 1.87. The molecule has 0 spiro atoms. The Morgan fingerprint density at radius 1 is 1.53 bits per heavy atom. The van der Waals surface area contributed by atoms with Crippen LogP contribution in [-0.2, 0) is 27.8 Å². The summed E-state index contributed by atoms with van der Waals surface area (Å²) in [6, 6.07) is -0.0129. The first-order chi connectivity index (χ1) is 6.96. The third-order valence-corrected chi connectivity index (χ3v) is 3.70. The summed E-state index contributed by atoms with van der Waals surface area (Å²) in [7, 11) is -2.98. The van der Waals surface area contributed by atoms with Crippen molar-refractivity contribution < 1.29 is 8.42 Å². The molecule has 0 amide bonds. The lowest BCUT2D eigenvalue weighted by atomic mass is 10.2. The van der Waals surface area contributed by atoms with E-state index in [4.69, 9.17) is 5.73 Å². The van der Waals surface area contributed by atoms with E-state index in [9.17, 15) is 8.42 Å². The van der Waals surface area contributed by atoms with Crippen LogP contribution in [0.15, 0.2) is 6.20 Å². The quantitative estimate of drug-likeness (QED) is 0.755. The van der Waals surface area contributed by atoms with Crippen LogP contribution in [0.25, 0.3) is 0 Å². The Morgan fingerprint density at radius 2 is 2.27 bits per heavy atom. The van der Waals surface area contributed by atoms with E-state index in [-0.39, 0.29) is 17.5 Å². The fourth-order valence-corrected chi connectivity index (χ4v) is 3.10. The summed E-state index contributed by atoms with van der Waals surface area (Å²) in [5, 5.41) is 0. The molecule has 1 aromatic heterocycles. The van der Waals surface area contributed by atoms with Crippen LogP contribution in [0, 0.1) is 0 Å². The lowest BCUT2D eigenvalue weighted by Gasteiger charge is -2.04. The van der Waals surface area contributed by atoms with Crippen molar-refractivity contribution in [3.8, 4) is 0 Å². The molecule has 2 rings (SSSR count). The van der Waals surface area contributed by atoms with Crippen molar-refractivity contribution in [3.05, 3.63) is 23.3 Å². The summed E-state index contributed by atoms with van der Waals surface area (Å²) < 4.78 is 22.7. The molecule has 0 saturated carbocycles. The van der Waals surface area contributed by atoms with E-state index in [0.29, 0.717) is 17.9 Å². The van der Waals surface area contributed by atoms with Crippen LogP contribution in [0.2, 0.25) is 0 Å². The number of hydrogen-bond donors (Lipinski definition) is 1. The second-order valence-electron chi connectivity index (χ2n) is 3.97. The lowest BCUT2D eigenvalue weighted by Crippen LogP contribution is -2.19. The molecular formula is C9H13N3O2S. The molecule has 0 aromatic carbocycles. The molecule has 82 valence electrons. The van der Waals surface area contributed by atoms with E-state index in [1.165, 1.54) is 0 Å². The maximum Gasteiger partial charge on any atom is 0.160 e. The van der Waals surface area contributed by atoms with Gasteiger partial charge in [-0.3, -0.25) is 0 Å². The van der Waals surface area contributed by atoms with E-state index in [2.05, 4.69) is 9.97 Å². The van der Waals surface area contributed by atoms with Gasteiger partial charge in [-0.1, -0.05) is 0 Å². The van der Waals surface area contributed by atoms with Gasteiger partial charge in [-0.2, -0.15) is 0 Å². The third-order valence-electron chi connectivity index (χ3n) is 2.24. The number of nitrogens with zero attached hydrogens (tertiary/aromatic N) is 2. The minimum Gasteiger partial charge on any atom is -0.328 e. The van der Waals surface area contributed by atoms with Crippen LogP contribution in [0.5, 0.6) is 0 Å². The predicted molar refractivity (Wildman–Crippen MR) is 55.7 cm³/mol. The van der Waals surface area contributed by atoms with Crippen molar-refractivity contribution in [2.24, 2.45) is 5.73 Å². The highest BCUT2D eigenvalue weighted by Gasteiger charge is 2.26. The summed E-state index contributed by atoms with van der Waals surface area (Å²) in [4.78, 5) is 8.32. The number of sulfone groups is 1. The van der Waals surface area contributed by atoms with Gasteiger partial charge in [0.1, 0.15) is 5.82 Å². The minimum atomic E-state index is -2.98. The van der Waals surface area contributed by atoms with Crippen molar-refractivity contribution in [3.63, 3.8) is 0 Å². The number of rotatable bonds is 2. The van der Waals surface area contributed by atoms with Gasteiger partial charge in [0, 0.05) is 24.2 Å². The fraction of sp³-hybridized carbons (Fsp3) is 0.556. The average Bonchev–Trinajstić information content (AvgIpc) is 2.36. The molecule has 1 unspecified atom stereocenters. The van der Waals surface area contributed by atoms with Crippen molar-refractivity contribution in [2.75, 3.05) is 0 Å². The molecule has 1 aliphatic rings. The molecule has 1 aromatic rings. The average molecular weight is 227 g/mol. The van der Waals surface area contributed by atoms with Crippen molar-refractivity contribution >= 4 is 9.84 Å². The highest BCUT2D eigenvalue weighted by Crippen LogP contribution is 2.22. The molecule has 5 nitrogen and oxygen atoms in total. The molecule has 2 heterocycles. The maximum atomic E-state index is 11.3.